The van der Waals surface area contributed by atoms with Gasteiger partial charge in [0, 0.05) is 35.8 Å². The number of aryl methyl sites for hydroxylation is 2. The molecule has 128 valence electrons. The molecule has 1 aliphatic heterocycles. The van der Waals surface area contributed by atoms with Gasteiger partial charge in [-0.1, -0.05) is 18.2 Å². The van der Waals surface area contributed by atoms with E-state index >= 15 is 0 Å². The molecule has 1 atom stereocenters. The third-order valence-electron chi connectivity index (χ3n) is 4.55. The number of nitrogens with zero attached hydrogens (tertiary/aromatic N) is 2. The normalized spacial score (nSPS) is 16.5. The third kappa shape index (κ3) is 3.43. The summed E-state index contributed by atoms with van der Waals surface area (Å²) in [5.74, 6) is 0.146. The number of aliphatic carboxylic acids is 1. The number of hydrogen-bond donors (Lipinski definition) is 2. The smallest absolute Gasteiger partial charge is 0.305 e. The van der Waals surface area contributed by atoms with Gasteiger partial charge in [-0.2, -0.15) is 5.10 Å². The molecule has 0 amide bonds. The van der Waals surface area contributed by atoms with Crippen molar-refractivity contribution >= 4 is 5.97 Å². The van der Waals surface area contributed by atoms with Crippen molar-refractivity contribution in [2.45, 2.75) is 45.8 Å². The molecule has 0 saturated heterocycles. The van der Waals surface area contributed by atoms with Gasteiger partial charge in [0.25, 0.3) is 0 Å². The predicted octanol–water partition coefficient (Wildman–Crippen LogP) is 2.59. The van der Waals surface area contributed by atoms with Crippen molar-refractivity contribution in [1.29, 1.82) is 0 Å². The molecule has 2 aromatic rings. The molecule has 1 aliphatic rings. The van der Waals surface area contributed by atoms with E-state index in [-0.39, 0.29) is 12.5 Å². The van der Waals surface area contributed by atoms with Gasteiger partial charge in [-0.25, -0.2) is 0 Å². The molecule has 3 rings (SSSR count). The van der Waals surface area contributed by atoms with Crippen molar-refractivity contribution in [3.05, 3.63) is 46.8 Å². The molecule has 0 bridgehead atoms. The van der Waals surface area contributed by atoms with Crippen LogP contribution in [0.25, 0.3) is 0 Å². The molecule has 2 N–H and O–H groups in total. The molecule has 0 aliphatic carbocycles. The second-order valence-corrected chi connectivity index (χ2v) is 6.12. The fraction of sp³-hybridized carbons (Fsp3) is 0.444. The highest BCUT2D eigenvalue weighted by Crippen LogP contribution is 2.31. The zero-order valence-electron chi connectivity index (χ0n) is 14.1. The van der Waals surface area contributed by atoms with Crippen LogP contribution in [0.15, 0.2) is 24.3 Å². The minimum absolute atomic E-state index is 0.0855. The lowest BCUT2D eigenvalue weighted by Gasteiger charge is -2.26. The first-order valence-electron chi connectivity index (χ1n) is 8.26. The van der Waals surface area contributed by atoms with Gasteiger partial charge in [-0.15, -0.1) is 0 Å². The topological polar surface area (TPSA) is 76.4 Å². The Morgan fingerprint density at radius 2 is 2.21 bits per heavy atom. The van der Waals surface area contributed by atoms with Gasteiger partial charge in [-0.3, -0.25) is 9.48 Å². The van der Waals surface area contributed by atoms with Crippen molar-refractivity contribution in [1.82, 2.24) is 15.1 Å². The summed E-state index contributed by atoms with van der Waals surface area (Å²) in [5.41, 5.74) is 4.31. The van der Waals surface area contributed by atoms with Crippen LogP contribution in [0.4, 0.5) is 0 Å². The number of para-hydroxylation sites is 1. The Hall–Kier alpha value is -2.34. The van der Waals surface area contributed by atoms with Gasteiger partial charge in [0.1, 0.15) is 5.75 Å². The van der Waals surface area contributed by atoms with E-state index in [0.29, 0.717) is 19.7 Å². The highest BCUT2D eigenvalue weighted by molar-refractivity contribution is 5.66. The van der Waals surface area contributed by atoms with Crippen LogP contribution in [-0.4, -0.2) is 27.5 Å². The van der Waals surface area contributed by atoms with Gasteiger partial charge in [-0.05, 0) is 19.9 Å². The summed E-state index contributed by atoms with van der Waals surface area (Å²) in [5, 5.41) is 16.9. The number of hydrogen-bond acceptors (Lipinski definition) is 4. The molecule has 0 spiro atoms. The Labute approximate surface area is 141 Å². The number of benzene rings is 1. The molecule has 0 fully saturated rings. The lowest BCUT2D eigenvalue weighted by atomic mass is 10.00. The largest absolute Gasteiger partial charge is 0.493 e. The van der Waals surface area contributed by atoms with Crippen molar-refractivity contribution in [2.75, 3.05) is 6.61 Å². The average molecular weight is 329 g/mol. The lowest BCUT2D eigenvalue weighted by Crippen LogP contribution is -2.27. The number of carboxylic acids is 1. The third-order valence-corrected chi connectivity index (χ3v) is 4.55. The second kappa shape index (κ2) is 7.05. The van der Waals surface area contributed by atoms with Crippen LogP contribution in [0.3, 0.4) is 0 Å². The Morgan fingerprint density at radius 3 is 3.00 bits per heavy atom. The second-order valence-electron chi connectivity index (χ2n) is 6.12. The van der Waals surface area contributed by atoms with Crippen LogP contribution in [0.5, 0.6) is 5.75 Å². The first-order valence-corrected chi connectivity index (χ1v) is 8.26. The number of carboxylic acid groups (broad SMARTS) is 1. The summed E-state index contributed by atoms with van der Waals surface area (Å²) in [4.78, 5) is 10.8. The summed E-state index contributed by atoms with van der Waals surface area (Å²) in [6, 6.07) is 8.38. The molecule has 0 saturated carbocycles. The van der Waals surface area contributed by atoms with Gasteiger partial charge in [0.05, 0.1) is 25.3 Å². The summed E-state index contributed by atoms with van der Waals surface area (Å²) in [7, 11) is 0. The van der Waals surface area contributed by atoms with Crippen molar-refractivity contribution in [3.63, 3.8) is 0 Å². The minimum atomic E-state index is -0.805. The van der Waals surface area contributed by atoms with Crippen LogP contribution in [0, 0.1) is 13.8 Å². The summed E-state index contributed by atoms with van der Waals surface area (Å²) >= 11 is 0. The zero-order chi connectivity index (χ0) is 17.1. The SMILES string of the molecule is Cc1nn(CCC(=O)O)c(C)c1CNC1CCOc2ccccc21. The maximum absolute atomic E-state index is 10.8. The Kier molecular flexibility index (Phi) is 4.85. The van der Waals surface area contributed by atoms with E-state index in [2.05, 4.69) is 16.5 Å². The maximum atomic E-state index is 10.8. The van der Waals surface area contributed by atoms with Crippen LogP contribution in [0.1, 0.15) is 41.4 Å². The van der Waals surface area contributed by atoms with E-state index in [1.807, 2.05) is 32.0 Å². The van der Waals surface area contributed by atoms with Crippen LogP contribution in [-0.2, 0) is 17.9 Å². The molecule has 6 nitrogen and oxygen atoms in total. The average Bonchev–Trinajstić information content (AvgIpc) is 2.85. The fourth-order valence-electron chi connectivity index (χ4n) is 3.19. The van der Waals surface area contributed by atoms with Gasteiger partial charge in [0.2, 0.25) is 0 Å². The van der Waals surface area contributed by atoms with Crippen molar-refractivity contribution < 1.29 is 14.6 Å². The number of carbonyl (C=O) groups is 1. The minimum Gasteiger partial charge on any atom is -0.493 e. The Morgan fingerprint density at radius 1 is 1.42 bits per heavy atom. The summed E-state index contributed by atoms with van der Waals surface area (Å²) in [6.07, 6.45) is 1.02. The molecule has 1 unspecified atom stereocenters. The highest BCUT2D eigenvalue weighted by Gasteiger charge is 2.21. The molecule has 1 aromatic heterocycles. The number of fused-ring (bicyclic) bond motifs is 1. The predicted molar refractivity (Wildman–Crippen MR) is 90.1 cm³/mol. The maximum Gasteiger partial charge on any atom is 0.305 e. The molecule has 1 aromatic carbocycles. The van der Waals surface area contributed by atoms with Crippen molar-refractivity contribution in [3.8, 4) is 5.75 Å². The Balaban J connectivity index is 1.70. The molecule has 24 heavy (non-hydrogen) atoms. The standard InChI is InChI=1S/C18H23N3O3/c1-12-15(13(2)21(20-12)9-7-18(22)23)11-19-16-8-10-24-17-6-4-3-5-14(16)17/h3-6,16,19H,7-11H2,1-2H3,(H,22,23). The summed E-state index contributed by atoms with van der Waals surface area (Å²) < 4.78 is 7.49. The molecule has 0 radical (unpaired) electrons. The number of ether oxygens (including phenoxy) is 1. The van der Waals surface area contributed by atoms with E-state index in [4.69, 9.17) is 9.84 Å². The first-order chi connectivity index (χ1) is 11.6. The van der Waals surface area contributed by atoms with E-state index in [1.54, 1.807) is 4.68 Å². The van der Waals surface area contributed by atoms with Gasteiger partial charge >= 0.3 is 5.97 Å². The fourth-order valence-corrected chi connectivity index (χ4v) is 3.19. The van der Waals surface area contributed by atoms with Crippen LogP contribution >= 0.6 is 0 Å². The van der Waals surface area contributed by atoms with E-state index in [9.17, 15) is 4.79 Å². The molecular weight excluding hydrogens is 306 g/mol. The molecule has 2 heterocycles. The Bertz CT molecular complexity index is 739. The quantitative estimate of drug-likeness (QED) is 0.852. The van der Waals surface area contributed by atoms with Gasteiger partial charge in [0.15, 0.2) is 0 Å². The first kappa shape index (κ1) is 16.5. The summed E-state index contributed by atoms with van der Waals surface area (Å²) in [6.45, 7) is 5.80. The monoisotopic (exact) mass is 329 g/mol. The molecule has 6 heteroatoms. The number of aromatic nitrogens is 2. The number of rotatable bonds is 6. The highest BCUT2D eigenvalue weighted by atomic mass is 16.5. The van der Waals surface area contributed by atoms with E-state index in [0.717, 1.165) is 29.1 Å². The lowest BCUT2D eigenvalue weighted by molar-refractivity contribution is -0.137. The van der Waals surface area contributed by atoms with Gasteiger partial charge < -0.3 is 15.2 Å². The van der Waals surface area contributed by atoms with Crippen LogP contribution in [0.2, 0.25) is 0 Å². The number of nitrogens with one attached hydrogen (secondary N) is 1. The molecular formula is C18H23N3O3. The van der Waals surface area contributed by atoms with E-state index in [1.165, 1.54) is 5.56 Å². The van der Waals surface area contributed by atoms with Crippen molar-refractivity contribution in [2.24, 2.45) is 0 Å². The van der Waals surface area contributed by atoms with E-state index < -0.39 is 5.97 Å². The van der Waals surface area contributed by atoms with Crippen LogP contribution < -0.4 is 10.1 Å². The zero-order valence-corrected chi connectivity index (χ0v) is 14.1.